The number of amides is 1. The summed E-state index contributed by atoms with van der Waals surface area (Å²) in [6.07, 6.45) is 1.25. The minimum Gasteiger partial charge on any atom is -0.494 e. The van der Waals surface area contributed by atoms with Crippen LogP contribution in [0.25, 0.3) is 11.1 Å². The molecule has 1 amide bonds. The normalized spacial score (nSPS) is 17.5. The quantitative estimate of drug-likeness (QED) is 0.105. The number of aliphatic hydroxyl groups excluding tert-OH is 1. The molecule has 2 atom stereocenters. The number of hydrogen-bond acceptors (Lipinski definition) is 8. The molecule has 0 unspecified atom stereocenters. The summed E-state index contributed by atoms with van der Waals surface area (Å²) in [5.74, 6) is 0.0419. The summed E-state index contributed by atoms with van der Waals surface area (Å²) in [4.78, 5) is 19.4. The molecule has 1 aliphatic heterocycles. The molecule has 1 heterocycles. The number of aliphatic imine (C=N–C) groups is 1. The second-order valence-electron chi connectivity index (χ2n) is 11.4. The van der Waals surface area contributed by atoms with Crippen molar-refractivity contribution in [1.82, 2.24) is 10.9 Å². The Morgan fingerprint density at radius 3 is 2.17 bits per heavy atom. The Morgan fingerprint density at radius 2 is 1.51 bits per heavy atom. The van der Waals surface area contributed by atoms with Crippen LogP contribution < -0.4 is 15.6 Å². The van der Waals surface area contributed by atoms with Gasteiger partial charge in [-0.2, -0.15) is 0 Å². The van der Waals surface area contributed by atoms with Gasteiger partial charge in [-0.05, 0) is 59.5 Å². The van der Waals surface area contributed by atoms with Crippen LogP contribution in [0.1, 0.15) is 49.8 Å². The maximum absolute atomic E-state index is 14.2. The van der Waals surface area contributed by atoms with Crippen molar-refractivity contribution in [2.75, 3.05) is 25.5 Å². The van der Waals surface area contributed by atoms with Gasteiger partial charge in [0.1, 0.15) is 5.75 Å². The average Bonchev–Trinajstić information content (AvgIpc) is 3.51. The Labute approximate surface area is 276 Å². The molecule has 1 aliphatic rings. The molecular formula is C37H41N3O6S. The first-order valence-corrected chi connectivity index (χ1v) is 17.6. The predicted molar refractivity (Wildman–Crippen MR) is 183 cm³/mol. The molecule has 47 heavy (non-hydrogen) atoms. The first-order chi connectivity index (χ1) is 22.9. The molecular weight excluding hydrogens is 614 g/mol. The van der Waals surface area contributed by atoms with Crippen molar-refractivity contribution in [2.24, 2.45) is 4.99 Å². The van der Waals surface area contributed by atoms with Gasteiger partial charge in [0.25, 0.3) is 5.91 Å². The van der Waals surface area contributed by atoms with Crippen LogP contribution >= 0.6 is 0 Å². The highest BCUT2D eigenvalue weighted by molar-refractivity contribution is 7.91. The van der Waals surface area contributed by atoms with E-state index in [0.717, 1.165) is 24.0 Å². The third-order valence-corrected chi connectivity index (χ3v) is 9.79. The van der Waals surface area contributed by atoms with E-state index in [0.29, 0.717) is 36.4 Å². The van der Waals surface area contributed by atoms with E-state index in [2.05, 4.69) is 17.8 Å². The average molecular weight is 656 g/mol. The SMILES string of the molecule is CCCCNNC(=O)[C@@]1(CCS(=O)(=O)c2ccccc2)N=C(c2ccc(OCCCO)cc2)O[C@H]1c1ccc(-c2ccccc2)cc1. The van der Waals surface area contributed by atoms with Crippen molar-refractivity contribution in [3.63, 3.8) is 0 Å². The number of hydrogen-bond donors (Lipinski definition) is 3. The van der Waals surface area contributed by atoms with Crippen LogP contribution in [0.3, 0.4) is 0 Å². The Hall–Kier alpha value is -4.51. The fraction of sp³-hybridized carbons (Fsp3) is 0.297. The van der Waals surface area contributed by atoms with Gasteiger partial charge in [0.15, 0.2) is 21.5 Å². The molecule has 0 saturated carbocycles. The van der Waals surface area contributed by atoms with E-state index in [4.69, 9.17) is 19.6 Å². The van der Waals surface area contributed by atoms with Gasteiger partial charge in [-0.1, -0.05) is 86.1 Å². The van der Waals surface area contributed by atoms with Crippen LogP contribution in [0.15, 0.2) is 119 Å². The molecule has 0 fully saturated rings. The van der Waals surface area contributed by atoms with Crippen LogP contribution in [0.5, 0.6) is 5.75 Å². The van der Waals surface area contributed by atoms with Gasteiger partial charge in [0.05, 0.1) is 17.3 Å². The molecule has 10 heteroatoms. The van der Waals surface area contributed by atoms with E-state index in [1.165, 1.54) is 0 Å². The van der Waals surface area contributed by atoms with Crippen LogP contribution in [0, 0.1) is 0 Å². The molecule has 0 spiro atoms. The van der Waals surface area contributed by atoms with Crippen molar-refractivity contribution in [3.05, 3.63) is 120 Å². The number of ether oxygens (including phenoxy) is 2. The van der Waals surface area contributed by atoms with Gasteiger partial charge < -0.3 is 14.6 Å². The van der Waals surface area contributed by atoms with Gasteiger partial charge >= 0.3 is 0 Å². The highest BCUT2D eigenvalue weighted by atomic mass is 32.2. The zero-order valence-electron chi connectivity index (χ0n) is 26.5. The number of nitrogens with zero attached hydrogens (tertiary/aromatic N) is 1. The Kier molecular flexibility index (Phi) is 11.4. The summed E-state index contributed by atoms with van der Waals surface area (Å²) in [6, 6.07) is 33.0. The maximum Gasteiger partial charge on any atom is 0.266 e. The smallest absolute Gasteiger partial charge is 0.266 e. The van der Waals surface area contributed by atoms with Crippen molar-refractivity contribution in [1.29, 1.82) is 0 Å². The molecule has 4 aromatic carbocycles. The largest absolute Gasteiger partial charge is 0.494 e. The second-order valence-corrected chi connectivity index (χ2v) is 13.5. The summed E-state index contributed by atoms with van der Waals surface area (Å²) in [7, 11) is -3.76. The number of sulfone groups is 1. The first-order valence-electron chi connectivity index (χ1n) is 15.9. The summed E-state index contributed by atoms with van der Waals surface area (Å²) in [5.41, 5.74) is 7.54. The maximum atomic E-state index is 14.2. The predicted octanol–water partition coefficient (Wildman–Crippen LogP) is 5.66. The Balaban J connectivity index is 1.54. The minimum atomic E-state index is -3.76. The second kappa shape index (κ2) is 15.9. The van der Waals surface area contributed by atoms with E-state index in [1.807, 2.05) is 54.6 Å². The fourth-order valence-corrected chi connectivity index (χ4v) is 6.79. The van der Waals surface area contributed by atoms with Crippen LogP contribution in [-0.4, -0.2) is 56.4 Å². The standard InChI is InChI=1S/C37H41N3O6S/c1-2-3-24-38-40-36(42)37(23-27-47(43,44)33-13-8-5-9-14-33)34(30-17-15-29(16-18-30)28-11-6-4-7-12-28)46-35(39-37)31-19-21-32(22-20-31)45-26-10-25-41/h4-9,11-22,34,38,41H,2-3,10,23-27H2,1H3,(H,40,42)/t34-,37-/m0/s1. The van der Waals surface area contributed by atoms with Gasteiger partial charge in [-0.15, -0.1) is 0 Å². The lowest BCUT2D eigenvalue weighted by Crippen LogP contribution is -2.53. The van der Waals surface area contributed by atoms with Gasteiger partial charge in [0, 0.05) is 31.6 Å². The van der Waals surface area contributed by atoms with Crippen molar-refractivity contribution >= 4 is 21.6 Å². The van der Waals surface area contributed by atoms with E-state index >= 15 is 0 Å². The number of rotatable bonds is 16. The van der Waals surface area contributed by atoms with Gasteiger partial charge in [0.2, 0.25) is 5.90 Å². The minimum absolute atomic E-state index is 0.0356. The molecule has 3 N–H and O–H groups in total. The third-order valence-electron chi connectivity index (χ3n) is 8.06. The highest BCUT2D eigenvalue weighted by Crippen LogP contribution is 2.43. The molecule has 0 aromatic heterocycles. The monoisotopic (exact) mass is 655 g/mol. The van der Waals surface area contributed by atoms with E-state index in [-0.39, 0.29) is 29.6 Å². The number of carbonyl (C=O) groups is 1. The number of aliphatic hydroxyl groups is 1. The number of hydrazine groups is 1. The molecule has 0 radical (unpaired) electrons. The summed E-state index contributed by atoms with van der Waals surface area (Å²) >= 11 is 0. The lowest BCUT2D eigenvalue weighted by Gasteiger charge is -2.30. The van der Waals surface area contributed by atoms with Crippen LogP contribution in [-0.2, 0) is 19.4 Å². The zero-order valence-corrected chi connectivity index (χ0v) is 27.3. The van der Waals surface area contributed by atoms with Crippen molar-refractivity contribution < 1.29 is 27.8 Å². The Bertz CT molecular complexity index is 1730. The van der Waals surface area contributed by atoms with Crippen molar-refractivity contribution in [3.8, 4) is 16.9 Å². The fourth-order valence-electron chi connectivity index (χ4n) is 5.40. The lowest BCUT2D eigenvalue weighted by molar-refractivity contribution is -0.130. The summed E-state index contributed by atoms with van der Waals surface area (Å²) < 4.78 is 39.3. The zero-order chi connectivity index (χ0) is 33.1. The molecule has 0 bridgehead atoms. The number of nitrogens with one attached hydrogen (secondary N) is 2. The molecule has 9 nitrogen and oxygen atoms in total. The molecule has 5 rings (SSSR count). The Morgan fingerprint density at radius 1 is 0.872 bits per heavy atom. The summed E-state index contributed by atoms with van der Waals surface area (Å²) in [5, 5.41) is 9.07. The molecule has 0 saturated heterocycles. The number of unbranched alkanes of at least 4 members (excludes halogenated alkanes) is 1. The van der Waals surface area contributed by atoms with Gasteiger partial charge in [-0.25, -0.2) is 18.8 Å². The van der Waals surface area contributed by atoms with Crippen LogP contribution in [0.2, 0.25) is 0 Å². The molecule has 4 aromatic rings. The van der Waals surface area contributed by atoms with E-state index in [1.54, 1.807) is 54.6 Å². The van der Waals surface area contributed by atoms with Crippen molar-refractivity contribution in [2.45, 2.75) is 49.1 Å². The first kappa shape index (κ1) is 33.8. The van der Waals surface area contributed by atoms with Gasteiger partial charge in [-0.3, -0.25) is 10.2 Å². The topological polar surface area (TPSA) is 126 Å². The summed E-state index contributed by atoms with van der Waals surface area (Å²) in [6.45, 7) is 3.01. The third kappa shape index (κ3) is 8.26. The lowest BCUT2D eigenvalue weighted by atomic mass is 9.84. The van der Waals surface area contributed by atoms with Crippen LogP contribution in [0.4, 0.5) is 0 Å². The van der Waals surface area contributed by atoms with E-state index in [9.17, 15) is 13.2 Å². The highest BCUT2D eigenvalue weighted by Gasteiger charge is 2.53. The molecule has 0 aliphatic carbocycles. The number of benzene rings is 4. The number of carbonyl (C=O) groups excluding carboxylic acids is 1. The molecule has 246 valence electrons. The van der Waals surface area contributed by atoms with E-state index < -0.39 is 27.4 Å².